The van der Waals surface area contributed by atoms with Crippen LogP contribution in [0.3, 0.4) is 0 Å². The van der Waals surface area contributed by atoms with E-state index in [-0.39, 0.29) is 18.9 Å². The lowest BCUT2D eigenvalue weighted by Crippen LogP contribution is -2.70. The van der Waals surface area contributed by atoms with Crippen LogP contribution < -0.4 is 10.6 Å². The Hall–Kier alpha value is -2.27. The summed E-state index contributed by atoms with van der Waals surface area (Å²) in [6.45, 7) is 2.24. The van der Waals surface area contributed by atoms with Crippen LogP contribution in [0.5, 0.6) is 0 Å². The van der Waals surface area contributed by atoms with Crippen LogP contribution in [-0.4, -0.2) is 215 Å². The van der Waals surface area contributed by atoms with Crippen LogP contribution in [0.25, 0.3) is 0 Å². The number of carbonyl (C=O) groups excluding carboxylic acids is 2. The van der Waals surface area contributed by atoms with Crippen molar-refractivity contribution in [1.82, 2.24) is 10.6 Å². The van der Waals surface area contributed by atoms with Crippen molar-refractivity contribution in [1.29, 1.82) is 0 Å². The number of hydrogen-bond donors (Lipinski definition) is 14. The van der Waals surface area contributed by atoms with E-state index in [1.54, 1.807) is 0 Å². The molecule has 23 nitrogen and oxygen atoms in total. The zero-order valence-corrected chi connectivity index (χ0v) is 56.0. The Balaban J connectivity index is 1.58. The van der Waals surface area contributed by atoms with Gasteiger partial charge in [0.05, 0.1) is 50.7 Å². The SMILES string of the molecule is CCCCCCCCCCCCCCCCCCCCCCC(O)C(COC1OC(CO)C(OC2OC(CO)C(O)C(OC3(C(=O)O)CC(O)C(NC(C)=O)C(C(O)C(O)CO)O3)C2O)C(O)C1O)NC(=O)CCCCCCCCCCCCCCCCCCC. The van der Waals surface area contributed by atoms with Gasteiger partial charge in [-0.05, 0) is 12.8 Å². The highest BCUT2D eigenvalue weighted by Crippen LogP contribution is 2.39. The standard InChI is InChI=1S/C68H128N2O21/c1-4-6-8-10-12-14-16-18-20-22-23-24-26-27-29-31-33-35-37-39-41-50(75)49(70-55(78)42-40-38-36-34-32-30-28-25-21-19-17-15-13-11-9-7-5-2)47-86-65-60(82)59(81)62(54(46-73)88-65)89-66-61(83)64(58(80)53(45-72)87-66)91-68(67(84)85)43-51(76)56(69-48(3)74)63(90-68)57(79)52(77)44-71/h49-54,56-66,71-73,75-77,79-83H,4-47H2,1-3H3,(H,69,74)(H,70,78)(H,84,85). The summed E-state index contributed by atoms with van der Waals surface area (Å²) in [6, 6.07) is -2.52. The number of hydrogen-bond acceptors (Lipinski definition) is 20. The Kier molecular flexibility index (Phi) is 44.9. The zero-order chi connectivity index (χ0) is 66.8. The molecule has 0 aliphatic carbocycles. The molecule has 0 spiro atoms. The van der Waals surface area contributed by atoms with Gasteiger partial charge < -0.3 is 100 Å². The summed E-state index contributed by atoms with van der Waals surface area (Å²) in [5.41, 5.74) is 0. The van der Waals surface area contributed by atoms with E-state index in [9.17, 15) is 75.7 Å². The van der Waals surface area contributed by atoms with Crippen LogP contribution in [0.4, 0.5) is 0 Å². The summed E-state index contributed by atoms with van der Waals surface area (Å²) in [5.74, 6) is -6.09. The summed E-state index contributed by atoms with van der Waals surface area (Å²) in [5, 5.41) is 136. The van der Waals surface area contributed by atoms with Crippen molar-refractivity contribution in [2.75, 3.05) is 26.4 Å². The summed E-state index contributed by atoms with van der Waals surface area (Å²) in [6.07, 6.45) is 16.7. The molecule has 91 heavy (non-hydrogen) atoms. The first kappa shape index (κ1) is 83.0. The van der Waals surface area contributed by atoms with E-state index in [0.29, 0.717) is 19.3 Å². The van der Waals surface area contributed by atoms with Gasteiger partial charge in [-0.25, -0.2) is 4.79 Å². The number of ether oxygens (including phenoxy) is 6. The van der Waals surface area contributed by atoms with Gasteiger partial charge in [0, 0.05) is 19.8 Å². The second-order valence-electron chi connectivity index (χ2n) is 26.5. The fraction of sp³-hybridized carbons (Fsp3) is 0.956. The van der Waals surface area contributed by atoms with E-state index in [4.69, 9.17) is 28.4 Å². The van der Waals surface area contributed by atoms with Gasteiger partial charge in [0.1, 0.15) is 67.1 Å². The largest absolute Gasteiger partial charge is 0.477 e. The quantitative estimate of drug-likeness (QED) is 0.0275. The lowest BCUT2D eigenvalue weighted by atomic mass is 9.88. The molecule has 0 saturated carbocycles. The first-order valence-corrected chi connectivity index (χ1v) is 35.9. The molecule has 0 aromatic rings. The van der Waals surface area contributed by atoms with Gasteiger partial charge in [0.25, 0.3) is 5.79 Å². The van der Waals surface area contributed by atoms with E-state index >= 15 is 0 Å². The van der Waals surface area contributed by atoms with E-state index in [1.807, 2.05) is 0 Å². The summed E-state index contributed by atoms with van der Waals surface area (Å²) >= 11 is 0. The van der Waals surface area contributed by atoms with Crippen molar-refractivity contribution in [2.45, 2.75) is 387 Å². The van der Waals surface area contributed by atoms with Gasteiger partial charge in [0.2, 0.25) is 11.8 Å². The summed E-state index contributed by atoms with van der Waals surface area (Å²) < 4.78 is 34.9. The molecule has 18 unspecified atom stereocenters. The number of aliphatic carboxylic acids is 1. The predicted octanol–water partition coefficient (Wildman–Crippen LogP) is 6.90. The third-order valence-corrected chi connectivity index (χ3v) is 18.6. The number of aliphatic hydroxyl groups is 11. The Morgan fingerprint density at radius 2 is 0.956 bits per heavy atom. The molecule has 0 radical (unpaired) electrons. The van der Waals surface area contributed by atoms with Gasteiger partial charge in [-0.3, -0.25) is 9.59 Å². The molecule has 14 N–H and O–H groups in total. The maximum Gasteiger partial charge on any atom is 0.364 e. The first-order chi connectivity index (χ1) is 43.9. The number of rotatable bonds is 55. The Morgan fingerprint density at radius 1 is 0.527 bits per heavy atom. The number of carbonyl (C=O) groups is 3. The number of carboxylic acids is 1. The van der Waals surface area contributed by atoms with Crippen molar-refractivity contribution in [2.24, 2.45) is 0 Å². The predicted molar refractivity (Wildman–Crippen MR) is 343 cm³/mol. The molecule has 23 heteroatoms. The lowest BCUT2D eigenvalue weighted by molar-refractivity contribution is -0.386. The third-order valence-electron chi connectivity index (χ3n) is 18.6. The molecule has 18 atom stereocenters. The molecule has 536 valence electrons. The number of carboxylic acid groups (broad SMARTS) is 1. The maximum absolute atomic E-state index is 13.5. The van der Waals surface area contributed by atoms with E-state index < -0.39 is 148 Å². The molecule has 0 aromatic heterocycles. The van der Waals surface area contributed by atoms with Gasteiger partial charge in [-0.2, -0.15) is 0 Å². The molecule has 0 aromatic carbocycles. The molecular formula is C68H128N2O21. The Bertz CT molecular complexity index is 1850. The number of aliphatic hydroxyl groups excluding tert-OH is 11. The van der Waals surface area contributed by atoms with Crippen molar-refractivity contribution in [3.8, 4) is 0 Å². The van der Waals surface area contributed by atoms with Crippen LogP contribution in [0, 0.1) is 0 Å². The second-order valence-corrected chi connectivity index (χ2v) is 26.5. The second kappa shape index (κ2) is 49.3. The molecular weight excluding hydrogens is 1180 g/mol. The topological polar surface area (TPSA) is 373 Å². The van der Waals surface area contributed by atoms with Crippen LogP contribution in [0.15, 0.2) is 0 Å². The van der Waals surface area contributed by atoms with Gasteiger partial charge in [-0.15, -0.1) is 0 Å². The summed E-state index contributed by atoms with van der Waals surface area (Å²) in [4.78, 5) is 38.6. The highest BCUT2D eigenvalue weighted by Gasteiger charge is 2.60. The highest BCUT2D eigenvalue weighted by atomic mass is 16.8. The highest BCUT2D eigenvalue weighted by molar-refractivity contribution is 5.77. The minimum atomic E-state index is -3.08. The third kappa shape index (κ3) is 31.7. The maximum atomic E-state index is 13.5. The van der Waals surface area contributed by atoms with Crippen molar-refractivity contribution < 1.29 is 104 Å². The number of amides is 2. The van der Waals surface area contributed by atoms with Gasteiger partial charge in [0.15, 0.2) is 12.6 Å². The fourth-order valence-corrected chi connectivity index (χ4v) is 12.8. The summed E-state index contributed by atoms with van der Waals surface area (Å²) in [7, 11) is 0. The molecule has 3 aliphatic heterocycles. The van der Waals surface area contributed by atoms with Crippen molar-refractivity contribution >= 4 is 17.8 Å². The smallest absolute Gasteiger partial charge is 0.364 e. The minimum Gasteiger partial charge on any atom is -0.477 e. The molecule has 3 aliphatic rings. The van der Waals surface area contributed by atoms with Crippen LogP contribution in [-0.2, 0) is 42.8 Å². The van der Waals surface area contributed by atoms with Crippen LogP contribution >= 0.6 is 0 Å². The molecule has 2 amide bonds. The molecule has 3 fully saturated rings. The van der Waals surface area contributed by atoms with Gasteiger partial charge >= 0.3 is 5.97 Å². The fourth-order valence-electron chi connectivity index (χ4n) is 12.8. The average Bonchev–Trinajstić information content (AvgIpc) is 0.791. The van der Waals surface area contributed by atoms with E-state index in [0.717, 1.165) is 51.9 Å². The zero-order valence-electron chi connectivity index (χ0n) is 56.0. The molecule has 0 bridgehead atoms. The van der Waals surface area contributed by atoms with E-state index in [1.165, 1.54) is 180 Å². The Labute approximate surface area is 544 Å². The minimum absolute atomic E-state index is 0.229. The van der Waals surface area contributed by atoms with Crippen LogP contribution in [0.2, 0.25) is 0 Å². The number of unbranched alkanes of at least 4 members (excludes halogenated alkanes) is 35. The molecule has 3 rings (SSSR count). The monoisotopic (exact) mass is 1310 g/mol. The van der Waals surface area contributed by atoms with Crippen LogP contribution in [0.1, 0.15) is 278 Å². The van der Waals surface area contributed by atoms with Crippen molar-refractivity contribution in [3.63, 3.8) is 0 Å². The molecule has 3 saturated heterocycles. The average molecular weight is 1310 g/mol. The van der Waals surface area contributed by atoms with E-state index in [2.05, 4.69) is 24.5 Å². The normalized spacial score (nSPS) is 28.4. The lowest BCUT2D eigenvalue weighted by Gasteiger charge is -2.50. The number of nitrogens with one attached hydrogen (secondary N) is 2. The first-order valence-electron chi connectivity index (χ1n) is 35.9. The molecule has 3 heterocycles. The Morgan fingerprint density at radius 3 is 1.37 bits per heavy atom. The van der Waals surface area contributed by atoms with Crippen molar-refractivity contribution in [3.05, 3.63) is 0 Å². The van der Waals surface area contributed by atoms with Gasteiger partial charge in [-0.1, -0.05) is 245 Å².